The largest absolute Gasteiger partial charge is 0.385 e. The van der Waals surface area contributed by atoms with Gasteiger partial charge in [-0.1, -0.05) is 6.58 Å². The van der Waals surface area contributed by atoms with Gasteiger partial charge in [-0.3, -0.25) is 0 Å². The molecule has 0 aromatic heterocycles. The van der Waals surface area contributed by atoms with E-state index in [2.05, 4.69) is 11.9 Å². The first-order chi connectivity index (χ1) is 5.60. The van der Waals surface area contributed by atoms with Crippen molar-refractivity contribution in [1.29, 1.82) is 0 Å². The van der Waals surface area contributed by atoms with Crippen molar-refractivity contribution in [2.75, 3.05) is 0 Å². The van der Waals surface area contributed by atoms with Crippen molar-refractivity contribution in [3.8, 4) is 0 Å². The van der Waals surface area contributed by atoms with Crippen molar-refractivity contribution in [2.45, 2.75) is 50.3 Å². The van der Waals surface area contributed by atoms with E-state index < -0.39 is 5.60 Å². The zero-order valence-corrected chi connectivity index (χ0v) is 7.64. The zero-order valence-electron chi connectivity index (χ0n) is 7.64. The smallest absolute Gasteiger partial charge is 0.0881 e. The molecule has 0 radical (unpaired) electrons. The van der Waals surface area contributed by atoms with Crippen LogP contribution in [0.25, 0.3) is 0 Å². The van der Waals surface area contributed by atoms with Crippen LogP contribution in [0.4, 0.5) is 0 Å². The van der Waals surface area contributed by atoms with Crippen LogP contribution in [-0.4, -0.2) is 22.8 Å². The maximum atomic E-state index is 10.2. The average Bonchev–Trinajstić information content (AvgIpc) is 2.30. The van der Waals surface area contributed by atoms with Gasteiger partial charge in [-0.2, -0.15) is 0 Å². The third-order valence-electron chi connectivity index (χ3n) is 3.30. The van der Waals surface area contributed by atoms with Crippen LogP contribution >= 0.6 is 0 Å². The molecule has 2 fully saturated rings. The first kappa shape index (κ1) is 8.27. The predicted octanol–water partition coefficient (Wildman–Crippen LogP) is 1.21. The van der Waals surface area contributed by atoms with E-state index in [-0.39, 0.29) is 0 Å². The molecule has 2 aliphatic heterocycles. The van der Waals surface area contributed by atoms with Gasteiger partial charge in [0.1, 0.15) is 0 Å². The molecule has 0 aliphatic carbocycles. The first-order valence-corrected chi connectivity index (χ1v) is 4.74. The third kappa shape index (κ3) is 1.19. The lowest BCUT2D eigenvalue weighted by atomic mass is 9.82. The monoisotopic (exact) mass is 167 g/mol. The van der Waals surface area contributed by atoms with Gasteiger partial charge in [0.2, 0.25) is 0 Å². The molecule has 0 amide bonds. The van der Waals surface area contributed by atoms with Crippen LogP contribution in [0, 0.1) is 0 Å². The minimum Gasteiger partial charge on any atom is -0.385 e. The molecule has 2 N–H and O–H groups in total. The Bertz CT molecular complexity index is 200. The van der Waals surface area contributed by atoms with Gasteiger partial charge < -0.3 is 10.4 Å². The highest BCUT2D eigenvalue weighted by atomic mass is 16.3. The van der Waals surface area contributed by atoms with Crippen LogP contribution in [0.15, 0.2) is 12.2 Å². The highest BCUT2D eigenvalue weighted by Gasteiger charge is 2.42. The number of aliphatic hydroxyl groups is 1. The van der Waals surface area contributed by atoms with E-state index in [0.717, 1.165) is 18.4 Å². The molecule has 2 rings (SSSR count). The molecular weight excluding hydrogens is 150 g/mol. The minimum atomic E-state index is -0.572. The lowest BCUT2D eigenvalue weighted by molar-refractivity contribution is 0.0281. The summed E-state index contributed by atoms with van der Waals surface area (Å²) in [6.45, 7) is 5.80. The molecular formula is C10H17NO. The molecule has 2 saturated heterocycles. The summed E-state index contributed by atoms with van der Waals surface area (Å²) < 4.78 is 0. The van der Waals surface area contributed by atoms with E-state index in [9.17, 15) is 5.11 Å². The molecule has 2 aliphatic rings. The zero-order chi connectivity index (χ0) is 8.77. The lowest BCUT2D eigenvalue weighted by Gasteiger charge is -2.37. The Labute approximate surface area is 73.7 Å². The van der Waals surface area contributed by atoms with Crippen LogP contribution in [0.2, 0.25) is 0 Å². The van der Waals surface area contributed by atoms with Crippen molar-refractivity contribution in [1.82, 2.24) is 5.32 Å². The molecule has 68 valence electrons. The Balaban J connectivity index is 2.15. The summed E-state index contributed by atoms with van der Waals surface area (Å²) in [5, 5.41) is 13.7. The number of fused-ring (bicyclic) bond motifs is 2. The van der Waals surface area contributed by atoms with Gasteiger partial charge in [-0.05, 0) is 38.2 Å². The lowest BCUT2D eigenvalue weighted by Crippen LogP contribution is -2.48. The van der Waals surface area contributed by atoms with Crippen molar-refractivity contribution < 1.29 is 5.11 Å². The van der Waals surface area contributed by atoms with Crippen molar-refractivity contribution in [2.24, 2.45) is 0 Å². The maximum absolute atomic E-state index is 10.2. The Hall–Kier alpha value is -0.340. The highest BCUT2D eigenvalue weighted by Crippen LogP contribution is 2.37. The molecule has 0 aromatic carbocycles. The molecule has 2 atom stereocenters. The molecule has 0 spiro atoms. The summed E-state index contributed by atoms with van der Waals surface area (Å²) >= 11 is 0. The summed E-state index contributed by atoms with van der Waals surface area (Å²) in [5.41, 5.74) is 0.359. The van der Waals surface area contributed by atoms with Crippen molar-refractivity contribution in [3.05, 3.63) is 12.2 Å². The van der Waals surface area contributed by atoms with Crippen LogP contribution in [0.3, 0.4) is 0 Å². The Morgan fingerprint density at radius 3 is 2.33 bits per heavy atom. The fraction of sp³-hybridized carbons (Fsp3) is 0.800. The number of piperidine rings is 1. The predicted molar refractivity (Wildman–Crippen MR) is 48.9 cm³/mol. The quantitative estimate of drug-likeness (QED) is 0.575. The minimum absolute atomic E-state index is 0.533. The second-order valence-electron chi connectivity index (χ2n) is 4.36. The van der Waals surface area contributed by atoms with E-state index in [4.69, 9.17) is 0 Å². The SMILES string of the molecule is C=C(C)C1(O)CC2CCC(C1)N2. The van der Waals surface area contributed by atoms with E-state index >= 15 is 0 Å². The summed E-state index contributed by atoms with van der Waals surface area (Å²) in [5.74, 6) is 0. The van der Waals surface area contributed by atoms with E-state index in [1.54, 1.807) is 0 Å². The van der Waals surface area contributed by atoms with Gasteiger partial charge in [0.05, 0.1) is 5.60 Å². The van der Waals surface area contributed by atoms with Gasteiger partial charge in [0.25, 0.3) is 0 Å². The van der Waals surface area contributed by atoms with Crippen molar-refractivity contribution in [3.63, 3.8) is 0 Å². The van der Waals surface area contributed by atoms with Gasteiger partial charge >= 0.3 is 0 Å². The molecule has 2 bridgehead atoms. The van der Waals surface area contributed by atoms with Gasteiger partial charge in [0, 0.05) is 12.1 Å². The van der Waals surface area contributed by atoms with Crippen LogP contribution < -0.4 is 5.32 Å². The molecule has 2 heterocycles. The van der Waals surface area contributed by atoms with E-state index in [1.807, 2.05) is 6.92 Å². The van der Waals surface area contributed by atoms with E-state index in [1.165, 1.54) is 12.8 Å². The topological polar surface area (TPSA) is 32.3 Å². The molecule has 0 aromatic rings. The summed E-state index contributed by atoms with van der Waals surface area (Å²) in [4.78, 5) is 0. The average molecular weight is 167 g/mol. The van der Waals surface area contributed by atoms with Crippen LogP contribution in [0.5, 0.6) is 0 Å². The summed E-state index contributed by atoms with van der Waals surface area (Å²) in [6.07, 6.45) is 4.16. The molecule has 2 nitrogen and oxygen atoms in total. The van der Waals surface area contributed by atoms with Crippen LogP contribution in [-0.2, 0) is 0 Å². The van der Waals surface area contributed by atoms with Gasteiger partial charge in [0.15, 0.2) is 0 Å². The summed E-state index contributed by atoms with van der Waals surface area (Å²) in [6, 6.07) is 1.07. The fourth-order valence-corrected chi connectivity index (χ4v) is 2.47. The highest BCUT2D eigenvalue weighted by molar-refractivity contribution is 5.15. The van der Waals surface area contributed by atoms with Crippen LogP contribution in [0.1, 0.15) is 32.6 Å². The molecule has 2 unspecified atom stereocenters. The fourth-order valence-electron chi connectivity index (χ4n) is 2.47. The van der Waals surface area contributed by atoms with Crippen molar-refractivity contribution >= 4 is 0 Å². The Morgan fingerprint density at radius 2 is 1.92 bits per heavy atom. The van der Waals surface area contributed by atoms with E-state index in [0.29, 0.717) is 12.1 Å². The maximum Gasteiger partial charge on any atom is 0.0881 e. The second kappa shape index (κ2) is 2.57. The molecule has 12 heavy (non-hydrogen) atoms. The number of rotatable bonds is 1. The third-order valence-corrected chi connectivity index (χ3v) is 3.30. The Morgan fingerprint density at radius 1 is 1.42 bits per heavy atom. The summed E-state index contributed by atoms with van der Waals surface area (Å²) in [7, 11) is 0. The number of hydrogen-bond acceptors (Lipinski definition) is 2. The van der Waals surface area contributed by atoms with Gasteiger partial charge in [-0.15, -0.1) is 0 Å². The first-order valence-electron chi connectivity index (χ1n) is 4.74. The Kier molecular flexibility index (Phi) is 1.77. The normalized spacial score (nSPS) is 46.2. The number of nitrogens with one attached hydrogen (secondary N) is 1. The standard InChI is InChI=1S/C10H17NO/c1-7(2)10(12)5-8-3-4-9(6-10)11-8/h8-9,11-12H,1,3-6H2,2H3. The van der Waals surface area contributed by atoms with Gasteiger partial charge in [-0.25, -0.2) is 0 Å². The molecule has 2 heteroatoms. The molecule has 0 saturated carbocycles. The number of hydrogen-bond donors (Lipinski definition) is 2. The second-order valence-corrected chi connectivity index (χ2v) is 4.36.